The molecule has 0 aromatic carbocycles. The molecule has 1 aliphatic heterocycles. The van der Waals surface area contributed by atoms with Gasteiger partial charge in [-0.25, -0.2) is 32.3 Å². The Morgan fingerprint density at radius 3 is 2.53 bits per heavy atom. The second-order valence-electron chi connectivity index (χ2n) is 8.12. The van der Waals surface area contributed by atoms with Gasteiger partial charge in [0.2, 0.25) is 5.01 Å². The maximum Gasteiger partial charge on any atom is 0.408 e. The number of ether oxygens (including phenoxy) is 1. The highest BCUT2D eigenvalue weighted by Crippen LogP contribution is 2.40. The molecule has 0 saturated carbocycles. The first-order chi connectivity index (χ1) is 16.6. The highest BCUT2D eigenvalue weighted by molar-refractivity contribution is 7.17. The van der Waals surface area contributed by atoms with Crippen LogP contribution in [0, 0.1) is 0 Å². The van der Waals surface area contributed by atoms with Crippen LogP contribution in [0.1, 0.15) is 59.5 Å². The molecule has 36 heavy (non-hydrogen) atoms. The predicted molar refractivity (Wildman–Crippen MR) is 115 cm³/mol. The molecule has 0 radical (unpaired) electrons. The van der Waals surface area contributed by atoms with Gasteiger partial charge in [-0.3, -0.25) is 4.79 Å². The lowest BCUT2D eigenvalue weighted by molar-refractivity contribution is -0.138. The van der Waals surface area contributed by atoms with Crippen molar-refractivity contribution in [1.29, 1.82) is 0 Å². The fraction of sp³-hybridized carbons (Fsp3) is 0.524. The van der Waals surface area contributed by atoms with Gasteiger partial charge in [-0.05, 0) is 26.8 Å². The average Bonchev–Trinajstić information content (AvgIpc) is 3.33. The maximum absolute atomic E-state index is 14.0. The zero-order valence-corrected chi connectivity index (χ0v) is 19.9. The smallest absolute Gasteiger partial charge is 0.408 e. The molecule has 0 aliphatic carbocycles. The minimum Gasteiger partial charge on any atom is -0.461 e. The van der Waals surface area contributed by atoms with Crippen molar-refractivity contribution < 1.29 is 45.1 Å². The SMILES string of the molecule is CCOC(=O)c1nc(C(=O)N2CC(F)(F)C[C@@H]2C)c(-c2cnc(N[C@@H](C)C(F)(F)F)cc2C(F)F)s1. The number of alkyl halides is 7. The van der Waals surface area contributed by atoms with Crippen molar-refractivity contribution >= 4 is 29.0 Å². The summed E-state index contributed by atoms with van der Waals surface area (Å²) < 4.78 is 99.2. The summed E-state index contributed by atoms with van der Waals surface area (Å²) >= 11 is 0.510. The van der Waals surface area contributed by atoms with Gasteiger partial charge in [0.15, 0.2) is 0 Å². The van der Waals surface area contributed by atoms with Crippen LogP contribution in [0.25, 0.3) is 10.4 Å². The number of nitrogens with one attached hydrogen (secondary N) is 1. The molecule has 1 saturated heterocycles. The maximum atomic E-state index is 14.0. The van der Waals surface area contributed by atoms with Crippen molar-refractivity contribution in [3.8, 4) is 10.4 Å². The molecule has 15 heteroatoms. The van der Waals surface area contributed by atoms with Crippen molar-refractivity contribution in [2.24, 2.45) is 0 Å². The van der Waals surface area contributed by atoms with E-state index in [1.807, 2.05) is 5.32 Å². The van der Waals surface area contributed by atoms with E-state index < -0.39 is 72.5 Å². The van der Waals surface area contributed by atoms with Gasteiger partial charge in [-0.1, -0.05) is 0 Å². The molecule has 3 heterocycles. The minimum atomic E-state index is -4.67. The molecule has 1 amide bonds. The number of aromatic nitrogens is 2. The summed E-state index contributed by atoms with van der Waals surface area (Å²) in [6.45, 7) is 2.66. The third-order valence-corrected chi connectivity index (χ3v) is 6.41. The predicted octanol–water partition coefficient (Wildman–Crippen LogP) is 5.55. The quantitative estimate of drug-likeness (QED) is 0.365. The van der Waals surface area contributed by atoms with Gasteiger partial charge in [0.1, 0.15) is 17.6 Å². The number of halogens is 7. The van der Waals surface area contributed by atoms with E-state index in [-0.39, 0.29) is 22.1 Å². The van der Waals surface area contributed by atoms with Crippen LogP contribution in [-0.4, -0.2) is 64.1 Å². The van der Waals surface area contributed by atoms with Crippen LogP contribution in [0.4, 0.5) is 36.6 Å². The molecular formula is C21H21F7N4O3S. The Morgan fingerprint density at radius 2 is 2.00 bits per heavy atom. The number of esters is 1. The van der Waals surface area contributed by atoms with Crippen LogP contribution in [0.2, 0.25) is 0 Å². The second kappa shape index (κ2) is 10.2. The van der Waals surface area contributed by atoms with Gasteiger partial charge in [0, 0.05) is 29.8 Å². The molecule has 2 aromatic rings. The summed E-state index contributed by atoms with van der Waals surface area (Å²) in [5.41, 5.74) is -1.72. The number of hydrogen-bond donors (Lipinski definition) is 1. The second-order valence-corrected chi connectivity index (χ2v) is 9.12. The van der Waals surface area contributed by atoms with E-state index >= 15 is 0 Å². The molecule has 0 spiro atoms. The zero-order chi connectivity index (χ0) is 27.0. The molecule has 0 bridgehead atoms. The Hall–Kier alpha value is -2.97. The standard InChI is InChI=1S/C21H21F7N4O3S/c1-4-35-19(34)17-31-14(18(33)32-8-20(24,25)6-9(32)2)15(36-17)12-7-29-13(5-11(12)16(22)23)30-10(3)21(26,27)28/h5,7,9-10,16H,4,6,8H2,1-3H3,(H,29,30)/t9-,10-/m0/s1. The summed E-state index contributed by atoms with van der Waals surface area (Å²) in [5, 5.41) is 1.59. The van der Waals surface area contributed by atoms with Crippen LogP contribution in [-0.2, 0) is 4.74 Å². The van der Waals surface area contributed by atoms with Crippen molar-refractivity contribution in [3.63, 3.8) is 0 Å². The molecule has 2 atom stereocenters. The Bertz CT molecular complexity index is 1140. The minimum absolute atomic E-state index is 0.0615. The Morgan fingerprint density at radius 1 is 1.33 bits per heavy atom. The number of hydrogen-bond acceptors (Lipinski definition) is 7. The fourth-order valence-electron chi connectivity index (χ4n) is 3.57. The lowest BCUT2D eigenvalue weighted by Gasteiger charge is -2.21. The van der Waals surface area contributed by atoms with Crippen LogP contribution >= 0.6 is 11.3 Å². The fourth-order valence-corrected chi connectivity index (χ4v) is 4.55. The molecule has 0 unspecified atom stereocenters. The Labute approximate surface area is 204 Å². The van der Waals surface area contributed by atoms with Crippen molar-refractivity contribution in [1.82, 2.24) is 14.9 Å². The van der Waals surface area contributed by atoms with Crippen LogP contribution in [0.3, 0.4) is 0 Å². The normalized spacial score (nSPS) is 18.4. The number of carbonyl (C=O) groups excluding carboxylic acids is 2. The number of anilines is 1. The number of pyridine rings is 1. The van der Waals surface area contributed by atoms with Gasteiger partial charge in [-0.15, -0.1) is 11.3 Å². The first kappa shape index (κ1) is 27.6. The van der Waals surface area contributed by atoms with Crippen molar-refractivity contribution in [2.75, 3.05) is 18.5 Å². The summed E-state index contributed by atoms with van der Waals surface area (Å²) in [6.07, 6.45) is -7.71. The summed E-state index contributed by atoms with van der Waals surface area (Å²) in [6, 6.07) is -2.32. The topological polar surface area (TPSA) is 84.4 Å². The number of thiazole rings is 1. The average molecular weight is 542 g/mol. The molecule has 7 nitrogen and oxygen atoms in total. The molecule has 1 aliphatic rings. The van der Waals surface area contributed by atoms with Gasteiger partial charge >= 0.3 is 12.1 Å². The number of amides is 1. The summed E-state index contributed by atoms with van der Waals surface area (Å²) in [7, 11) is 0. The van der Waals surface area contributed by atoms with Crippen molar-refractivity contribution in [3.05, 3.63) is 28.5 Å². The van der Waals surface area contributed by atoms with Gasteiger partial charge < -0.3 is 15.0 Å². The third-order valence-electron chi connectivity index (χ3n) is 5.34. The van der Waals surface area contributed by atoms with Crippen LogP contribution in [0.15, 0.2) is 12.3 Å². The molecule has 1 fully saturated rings. The number of likely N-dealkylation sites (tertiary alicyclic amines) is 1. The highest BCUT2D eigenvalue weighted by atomic mass is 32.1. The monoisotopic (exact) mass is 542 g/mol. The van der Waals surface area contributed by atoms with Gasteiger partial charge in [-0.2, -0.15) is 13.2 Å². The van der Waals surface area contributed by atoms with E-state index in [9.17, 15) is 40.3 Å². The highest BCUT2D eigenvalue weighted by Gasteiger charge is 2.46. The summed E-state index contributed by atoms with van der Waals surface area (Å²) in [4.78, 5) is 33.6. The molecular weight excluding hydrogens is 521 g/mol. The first-order valence-electron chi connectivity index (χ1n) is 10.6. The van der Waals surface area contributed by atoms with E-state index in [1.165, 1.54) is 13.8 Å². The molecule has 1 N–H and O–H groups in total. The van der Waals surface area contributed by atoms with Gasteiger partial charge in [0.25, 0.3) is 18.3 Å². The lowest BCUT2D eigenvalue weighted by atomic mass is 10.1. The number of nitrogens with zero attached hydrogens (tertiary/aromatic N) is 3. The zero-order valence-electron chi connectivity index (χ0n) is 19.1. The van der Waals surface area contributed by atoms with E-state index in [4.69, 9.17) is 4.74 Å². The van der Waals surface area contributed by atoms with Crippen molar-refractivity contribution in [2.45, 2.75) is 57.8 Å². The Kier molecular flexibility index (Phi) is 7.81. The molecule has 198 valence electrons. The van der Waals surface area contributed by atoms with E-state index in [0.717, 1.165) is 18.0 Å². The first-order valence-corrected chi connectivity index (χ1v) is 11.4. The molecule has 2 aromatic heterocycles. The Balaban J connectivity index is 2.10. The summed E-state index contributed by atoms with van der Waals surface area (Å²) in [5.74, 6) is -5.66. The number of carbonyl (C=O) groups is 2. The van der Waals surface area contributed by atoms with E-state index in [0.29, 0.717) is 17.4 Å². The largest absolute Gasteiger partial charge is 0.461 e. The molecule has 3 rings (SSSR count). The van der Waals surface area contributed by atoms with Crippen LogP contribution < -0.4 is 5.32 Å². The number of rotatable bonds is 7. The lowest BCUT2D eigenvalue weighted by Crippen LogP contribution is -2.35. The van der Waals surface area contributed by atoms with Gasteiger partial charge in [0.05, 0.1) is 18.0 Å². The van der Waals surface area contributed by atoms with E-state index in [2.05, 4.69) is 9.97 Å². The van der Waals surface area contributed by atoms with E-state index in [1.54, 1.807) is 0 Å². The van der Waals surface area contributed by atoms with Crippen LogP contribution in [0.5, 0.6) is 0 Å². The third kappa shape index (κ3) is 5.87.